The fourth-order valence-corrected chi connectivity index (χ4v) is 0.433. The van der Waals surface area contributed by atoms with Crippen LogP contribution in [0.5, 0.6) is 0 Å². The second-order valence-electron chi connectivity index (χ2n) is 1.58. The van der Waals surface area contributed by atoms with Gasteiger partial charge in [-0.2, -0.15) is 5.11 Å². The summed E-state index contributed by atoms with van der Waals surface area (Å²) in [7, 11) is 0. The molecule has 3 nitrogen and oxygen atoms in total. The van der Waals surface area contributed by atoms with E-state index in [2.05, 4.69) is 15.2 Å². The van der Waals surface area contributed by atoms with Gasteiger partial charge in [0.1, 0.15) is 5.84 Å². The maximum atomic E-state index is 4.02. The Labute approximate surface area is 55.9 Å². The summed E-state index contributed by atoms with van der Waals surface area (Å²) in [6.45, 7) is 7.29. The van der Waals surface area contributed by atoms with Crippen molar-refractivity contribution in [1.29, 1.82) is 0 Å². The third-order valence-corrected chi connectivity index (χ3v) is 0.744. The molecule has 0 aromatic carbocycles. The summed E-state index contributed by atoms with van der Waals surface area (Å²) in [5.41, 5.74) is 0. The molecule has 0 N–H and O–H groups in total. The van der Waals surface area contributed by atoms with Crippen molar-refractivity contribution in [3.63, 3.8) is 0 Å². The second-order valence-corrected chi connectivity index (χ2v) is 1.58. The van der Waals surface area contributed by atoms with Crippen molar-refractivity contribution >= 4 is 5.84 Å². The molecule has 0 aliphatic carbocycles. The highest BCUT2D eigenvalue weighted by Gasteiger charge is 1.79. The van der Waals surface area contributed by atoms with Crippen molar-refractivity contribution in [2.75, 3.05) is 13.1 Å². The monoisotopic (exact) mass is 127 g/mol. The van der Waals surface area contributed by atoms with E-state index in [0.717, 1.165) is 18.9 Å². The van der Waals surface area contributed by atoms with Crippen LogP contribution in [0.25, 0.3) is 0 Å². The SMILES string of the molecule is CCN=NC(C)=NCC. The normalized spacial score (nSPS) is 13.0. The lowest BCUT2D eigenvalue weighted by molar-refractivity contribution is 1.00. The van der Waals surface area contributed by atoms with E-state index in [-0.39, 0.29) is 0 Å². The minimum Gasteiger partial charge on any atom is -0.270 e. The Morgan fingerprint density at radius 1 is 1.22 bits per heavy atom. The van der Waals surface area contributed by atoms with E-state index in [1.165, 1.54) is 0 Å². The van der Waals surface area contributed by atoms with Crippen LogP contribution in [0.15, 0.2) is 15.2 Å². The van der Waals surface area contributed by atoms with Gasteiger partial charge in [0.15, 0.2) is 0 Å². The molecule has 0 heterocycles. The molecule has 0 rings (SSSR count). The third kappa shape index (κ3) is 5.14. The van der Waals surface area contributed by atoms with E-state index < -0.39 is 0 Å². The van der Waals surface area contributed by atoms with Crippen molar-refractivity contribution in [2.24, 2.45) is 15.2 Å². The second kappa shape index (κ2) is 5.41. The molecule has 9 heavy (non-hydrogen) atoms. The van der Waals surface area contributed by atoms with Crippen LogP contribution in [0.3, 0.4) is 0 Å². The molecule has 0 saturated carbocycles. The first-order valence-electron chi connectivity index (χ1n) is 3.19. The van der Waals surface area contributed by atoms with Gasteiger partial charge in [-0.3, -0.25) is 4.99 Å². The molecule has 0 unspecified atom stereocenters. The lowest BCUT2D eigenvalue weighted by Crippen LogP contribution is -1.84. The Morgan fingerprint density at radius 2 is 1.89 bits per heavy atom. The first-order valence-corrected chi connectivity index (χ1v) is 3.19. The van der Waals surface area contributed by atoms with Crippen LogP contribution in [-0.4, -0.2) is 18.9 Å². The van der Waals surface area contributed by atoms with Crippen LogP contribution >= 0.6 is 0 Å². The van der Waals surface area contributed by atoms with Gasteiger partial charge in [-0.1, -0.05) is 0 Å². The summed E-state index contributed by atoms with van der Waals surface area (Å²) in [5, 5.41) is 7.59. The summed E-state index contributed by atoms with van der Waals surface area (Å²) in [5.74, 6) is 0.763. The predicted octanol–water partition coefficient (Wildman–Crippen LogP) is 1.90. The number of amidine groups is 1. The highest BCUT2D eigenvalue weighted by Crippen LogP contribution is 1.81. The Hall–Kier alpha value is -0.730. The third-order valence-electron chi connectivity index (χ3n) is 0.744. The van der Waals surface area contributed by atoms with Gasteiger partial charge in [0.25, 0.3) is 0 Å². The molecule has 0 aliphatic heterocycles. The van der Waals surface area contributed by atoms with E-state index in [1.54, 1.807) is 0 Å². The maximum Gasteiger partial charge on any atom is 0.142 e. The van der Waals surface area contributed by atoms with Gasteiger partial charge in [-0.15, -0.1) is 5.11 Å². The van der Waals surface area contributed by atoms with Crippen molar-refractivity contribution in [3.05, 3.63) is 0 Å². The average molecular weight is 127 g/mol. The van der Waals surface area contributed by atoms with Crippen molar-refractivity contribution in [3.8, 4) is 0 Å². The summed E-state index contributed by atoms with van der Waals surface area (Å²) in [6.07, 6.45) is 0. The largest absolute Gasteiger partial charge is 0.270 e. The fraction of sp³-hybridized carbons (Fsp3) is 0.833. The number of nitrogens with zero attached hydrogens (tertiary/aromatic N) is 3. The summed E-state index contributed by atoms with van der Waals surface area (Å²) in [4.78, 5) is 4.02. The van der Waals surface area contributed by atoms with Gasteiger partial charge in [0.2, 0.25) is 0 Å². The predicted molar refractivity (Wildman–Crippen MR) is 39.0 cm³/mol. The molecule has 52 valence electrons. The number of azo groups is 1. The van der Waals surface area contributed by atoms with Crippen molar-refractivity contribution in [2.45, 2.75) is 20.8 Å². The molecule has 0 amide bonds. The molecule has 0 saturated heterocycles. The maximum absolute atomic E-state index is 4.02. The molecule has 0 aliphatic rings. The summed E-state index contributed by atoms with van der Waals surface area (Å²) >= 11 is 0. The smallest absolute Gasteiger partial charge is 0.142 e. The highest BCUT2D eigenvalue weighted by molar-refractivity contribution is 5.79. The fourth-order valence-electron chi connectivity index (χ4n) is 0.433. The Morgan fingerprint density at radius 3 is 2.33 bits per heavy atom. The van der Waals surface area contributed by atoms with E-state index in [4.69, 9.17) is 0 Å². The molecule has 0 bridgehead atoms. The zero-order chi connectivity index (χ0) is 7.11. The van der Waals surface area contributed by atoms with Crippen LogP contribution in [0, 0.1) is 0 Å². The van der Waals surface area contributed by atoms with Crippen molar-refractivity contribution in [1.82, 2.24) is 0 Å². The Kier molecular flexibility index (Phi) is 4.97. The molecule has 0 spiro atoms. The molecular formula is C6H13N3. The number of hydrogen-bond acceptors (Lipinski definition) is 2. The quantitative estimate of drug-likeness (QED) is 0.308. The van der Waals surface area contributed by atoms with Gasteiger partial charge < -0.3 is 0 Å². The van der Waals surface area contributed by atoms with Crippen LogP contribution < -0.4 is 0 Å². The zero-order valence-electron chi connectivity index (χ0n) is 6.26. The Balaban J connectivity index is 3.60. The van der Waals surface area contributed by atoms with Crippen LogP contribution in [-0.2, 0) is 0 Å². The zero-order valence-corrected chi connectivity index (χ0v) is 6.26. The van der Waals surface area contributed by atoms with Crippen LogP contribution in [0.4, 0.5) is 0 Å². The standard InChI is InChI=1S/C6H13N3/c1-4-7-6(3)9-8-5-2/h4-5H2,1-3H3. The molecule has 3 heteroatoms. The first kappa shape index (κ1) is 8.27. The lowest BCUT2D eigenvalue weighted by atomic mass is 10.7. The van der Waals surface area contributed by atoms with Gasteiger partial charge in [-0.25, -0.2) is 0 Å². The average Bonchev–Trinajstić information content (AvgIpc) is 1.85. The minimum atomic E-state index is 0.733. The molecule has 0 atom stereocenters. The van der Waals surface area contributed by atoms with Gasteiger partial charge in [0.05, 0.1) is 6.54 Å². The molecular weight excluding hydrogens is 114 g/mol. The van der Waals surface area contributed by atoms with Gasteiger partial charge in [0, 0.05) is 6.54 Å². The van der Waals surface area contributed by atoms with Gasteiger partial charge >= 0.3 is 0 Å². The van der Waals surface area contributed by atoms with E-state index in [1.807, 2.05) is 20.8 Å². The first-order chi connectivity index (χ1) is 4.31. The molecule has 0 aromatic heterocycles. The lowest BCUT2D eigenvalue weighted by Gasteiger charge is -1.85. The summed E-state index contributed by atoms with van der Waals surface area (Å²) < 4.78 is 0. The molecule has 0 radical (unpaired) electrons. The van der Waals surface area contributed by atoms with E-state index in [0.29, 0.717) is 0 Å². The number of rotatable bonds is 2. The molecule has 0 aromatic rings. The topological polar surface area (TPSA) is 37.1 Å². The number of aliphatic imine (C=N–C) groups is 1. The van der Waals surface area contributed by atoms with Crippen LogP contribution in [0.2, 0.25) is 0 Å². The highest BCUT2D eigenvalue weighted by atomic mass is 15.1. The van der Waals surface area contributed by atoms with E-state index >= 15 is 0 Å². The van der Waals surface area contributed by atoms with Crippen LogP contribution in [0.1, 0.15) is 20.8 Å². The summed E-state index contributed by atoms with van der Waals surface area (Å²) in [6, 6.07) is 0. The molecule has 0 fully saturated rings. The number of hydrogen-bond donors (Lipinski definition) is 0. The minimum absolute atomic E-state index is 0.733. The Bertz CT molecular complexity index is 115. The van der Waals surface area contributed by atoms with E-state index in [9.17, 15) is 0 Å². The van der Waals surface area contributed by atoms with Gasteiger partial charge in [-0.05, 0) is 20.8 Å². The van der Waals surface area contributed by atoms with Crippen molar-refractivity contribution < 1.29 is 0 Å².